The molecule has 1 atom stereocenters. The lowest BCUT2D eigenvalue weighted by atomic mass is 9.99. The standard InChI is InChI=1S/C15H20BrF3N2O/c1-22-14-3-2-11(10-12(14)16)13(4-5-15(17,18)19)21-8-6-20-7-9-21/h2-3,10,13,20H,4-9H2,1H3/t13-/m1/s1. The van der Waals surface area contributed by atoms with E-state index in [0.29, 0.717) is 5.75 Å². The van der Waals surface area contributed by atoms with Crippen molar-refractivity contribution in [3.63, 3.8) is 0 Å². The van der Waals surface area contributed by atoms with Crippen LogP contribution in [0.1, 0.15) is 24.4 Å². The Labute approximate surface area is 136 Å². The van der Waals surface area contributed by atoms with E-state index >= 15 is 0 Å². The van der Waals surface area contributed by atoms with Crippen LogP contribution in [0.3, 0.4) is 0 Å². The summed E-state index contributed by atoms with van der Waals surface area (Å²) in [6.45, 7) is 3.12. The van der Waals surface area contributed by atoms with Gasteiger partial charge in [0, 0.05) is 38.6 Å². The molecule has 0 radical (unpaired) electrons. The maximum absolute atomic E-state index is 12.6. The summed E-state index contributed by atoms with van der Waals surface area (Å²) in [5, 5.41) is 3.23. The zero-order chi connectivity index (χ0) is 16.2. The number of halogens is 4. The van der Waals surface area contributed by atoms with Crippen molar-refractivity contribution in [2.24, 2.45) is 0 Å². The van der Waals surface area contributed by atoms with Crippen LogP contribution < -0.4 is 10.1 Å². The highest BCUT2D eigenvalue weighted by Crippen LogP contribution is 2.35. The van der Waals surface area contributed by atoms with Gasteiger partial charge in [-0.1, -0.05) is 6.07 Å². The summed E-state index contributed by atoms with van der Waals surface area (Å²) in [5.74, 6) is 0.679. The van der Waals surface area contributed by atoms with Crippen molar-refractivity contribution < 1.29 is 17.9 Å². The zero-order valence-electron chi connectivity index (χ0n) is 12.4. The quantitative estimate of drug-likeness (QED) is 0.841. The number of hydrogen-bond acceptors (Lipinski definition) is 3. The number of benzene rings is 1. The van der Waals surface area contributed by atoms with Gasteiger partial charge in [0.25, 0.3) is 0 Å². The van der Waals surface area contributed by atoms with Gasteiger partial charge in [-0.3, -0.25) is 4.90 Å². The Morgan fingerprint density at radius 3 is 2.55 bits per heavy atom. The number of methoxy groups -OCH3 is 1. The molecule has 3 nitrogen and oxygen atoms in total. The zero-order valence-corrected chi connectivity index (χ0v) is 14.0. The fraction of sp³-hybridized carbons (Fsp3) is 0.600. The highest BCUT2D eigenvalue weighted by atomic mass is 79.9. The van der Waals surface area contributed by atoms with Crippen molar-refractivity contribution in [2.45, 2.75) is 25.1 Å². The number of nitrogens with one attached hydrogen (secondary N) is 1. The fourth-order valence-corrected chi connectivity index (χ4v) is 3.30. The largest absolute Gasteiger partial charge is 0.496 e. The van der Waals surface area contributed by atoms with Crippen LogP contribution in [0.2, 0.25) is 0 Å². The maximum Gasteiger partial charge on any atom is 0.389 e. The Hall–Kier alpha value is -0.790. The summed E-state index contributed by atoms with van der Waals surface area (Å²) < 4.78 is 43.9. The molecule has 1 saturated heterocycles. The van der Waals surface area contributed by atoms with Crippen molar-refractivity contribution in [3.8, 4) is 5.75 Å². The maximum atomic E-state index is 12.6. The molecule has 7 heteroatoms. The monoisotopic (exact) mass is 380 g/mol. The normalized spacial score (nSPS) is 18.2. The Morgan fingerprint density at radius 1 is 1.32 bits per heavy atom. The molecule has 0 unspecified atom stereocenters. The lowest BCUT2D eigenvalue weighted by molar-refractivity contribution is -0.138. The number of piperazine rings is 1. The molecule has 22 heavy (non-hydrogen) atoms. The first-order valence-electron chi connectivity index (χ1n) is 7.25. The van der Waals surface area contributed by atoms with E-state index in [9.17, 15) is 13.2 Å². The van der Waals surface area contributed by atoms with Crippen LogP contribution in [0.4, 0.5) is 13.2 Å². The van der Waals surface area contributed by atoms with Crippen LogP contribution in [0, 0.1) is 0 Å². The van der Waals surface area contributed by atoms with Crippen LogP contribution >= 0.6 is 15.9 Å². The molecule has 0 aromatic heterocycles. The third kappa shape index (κ3) is 4.86. The molecule has 0 amide bonds. The summed E-state index contributed by atoms with van der Waals surface area (Å²) in [5.41, 5.74) is 0.888. The first-order valence-corrected chi connectivity index (χ1v) is 8.05. The lowest BCUT2D eigenvalue weighted by Gasteiger charge is -2.35. The third-order valence-electron chi connectivity index (χ3n) is 3.85. The van der Waals surface area contributed by atoms with Gasteiger partial charge in [0.2, 0.25) is 0 Å². The Morgan fingerprint density at radius 2 is 2.00 bits per heavy atom. The molecule has 1 heterocycles. The van der Waals surface area contributed by atoms with E-state index in [2.05, 4.69) is 26.1 Å². The highest BCUT2D eigenvalue weighted by molar-refractivity contribution is 9.10. The molecular formula is C15H20BrF3N2O. The summed E-state index contributed by atoms with van der Waals surface area (Å²) in [6.07, 6.45) is -4.83. The van der Waals surface area contributed by atoms with Crippen molar-refractivity contribution in [3.05, 3.63) is 28.2 Å². The lowest BCUT2D eigenvalue weighted by Crippen LogP contribution is -2.45. The van der Waals surface area contributed by atoms with Crippen molar-refractivity contribution in [2.75, 3.05) is 33.3 Å². The molecule has 124 valence electrons. The minimum atomic E-state index is -4.13. The van der Waals surface area contributed by atoms with Crippen molar-refractivity contribution >= 4 is 15.9 Å². The highest BCUT2D eigenvalue weighted by Gasteiger charge is 2.31. The van der Waals surface area contributed by atoms with E-state index in [4.69, 9.17) is 4.74 Å². The fourth-order valence-electron chi connectivity index (χ4n) is 2.74. The van der Waals surface area contributed by atoms with Gasteiger partial charge in [0.15, 0.2) is 0 Å². The SMILES string of the molecule is COc1ccc([C@@H](CCC(F)(F)F)N2CCNCC2)cc1Br. The average Bonchev–Trinajstić information content (AvgIpc) is 2.47. The van der Waals surface area contributed by atoms with Gasteiger partial charge >= 0.3 is 6.18 Å². The molecule has 1 fully saturated rings. The molecular weight excluding hydrogens is 361 g/mol. The molecule has 1 N–H and O–H groups in total. The predicted octanol–water partition coefficient (Wildman–Crippen LogP) is 3.75. The number of alkyl halides is 3. The summed E-state index contributed by atoms with van der Waals surface area (Å²) in [6, 6.07) is 5.28. The first-order chi connectivity index (χ1) is 10.4. The number of rotatable bonds is 5. The molecule has 2 rings (SSSR count). The van der Waals surface area contributed by atoms with E-state index in [1.54, 1.807) is 13.2 Å². The number of ether oxygens (including phenoxy) is 1. The molecule has 1 aliphatic heterocycles. The number of nitrogens with zero attached hydrogens (tertiary/aromatic N) is 1. The number of hydrogen-bond donors (Lipinski definition) is 1. The smallest absolute Gasteiger partial charge is 0.389 e. The second kappa shape index (κ2) is 7.66. The van der Waals surface area contributed by atoms with Gasteiger partial charge in [-0.2, -0.15) is 13.2 Å². The predicted molar refractivity (Wildman–Crippen MR) is 83.2 cm³/mol. The van der Waals surface area contributed by atoms with E-state index in [-0.39, 0.29) is 12.5 Å². The molecule has 1 aromatic rings. The van der Waals surface area contributed by atoms with Crippen molar-refractivity contribution in [1.82, 2.24) is 10.2 Å². The van der Waals surface area contributed by atoms with Crippen LogP contribution in [-0.4, -0.2) is 44.4 Å². The van der Waals surface area contributed by atoms with Crippen LogP contribution in [0.15, 0.2) is 22.7 Å². The van der Waals surface area contributed by atoms with E-state index in [1.165, 1.54) is 0 Å². The minimum absolute atomic E-state index is 0.0717. The summed E-state index contributed by atoms with van der Waals surface area (Å²) in [7, 11) is 1.57. The van der Waals surface area contributed by atoms with E-state index < -0.39 is 12.6 Å². The van der Waals surface area contributed by atoms with Crippen LogP contribution in [-0.2, 0) is 0 Å². The Bertz CT molecular complexity index is 490. The Kier molecular flexibility index (Phi) is 6.11. The van der Waals surface area contributed by atoms with E-state index in [0.717, 1.165) is 36.2 Å². The van der Waals surface area contributed by atoms with Crippen molar-refractivity contribution in [1.29, 1.82) is 0 Å². The summed E-state index contributed by atoms with van der Waals surface area (Å²) >= 11 is 3.41. The molecule has 0 bridgehead atoms. The summed E-state index contributed by atoms with van der Waals surface area (Å²) in [4.78, 5) is 2.12. The average molecular weight is 381 g/mol. The second-order valence-corrected chi connectivity index (χ2v) is 6.20. The first kappa shape index (κ1) is 17.6. The van der Waals surface area contributed by atoms with Gasteiger partial charge < -0.3 is 10.1 Å². The third-order valence-corrected chi connectivity index (χ3v) is 4.47. The van der Waals surface area contributed by atoms with Crippen LogP contribution in [0.5, 0.6) is 5.75 Å². The van der Waals surface area contributed by atoms with Crippen LogP contribution in [0.25, 0.3) is 0 Å². The molecule has 0 saturated carbocycles. The second-order valence-electron chi connectivity index (χ2n) is 5.35. The molecule has 1 aromatic carbocycles. The Balaban J connectivity index is 2.20. The van der Waals surface area contributed by atoms with Gasteiger partial charge in [-0.25, -0.2) is 0 Å². The molecule has 0 spiro atoms. The van der Waals surface area contributed by atoms with E-state index in [1.807, 2.05) is 12.1 Å². The minimum Gasteiger partial charge on any atom is -0.496 e. The van der Waals surface area contributed by atoms with Gasteiger partial charge in [0.05, 0.1) is 11.6 Å². The van der Waals surface area contributed by atoms with Gasteiger partial charge in [-0.15, -0.1) is 0 Å². The molecule has 1 aliphatic rings. The van der Waals surface area contributed by atoms with Gasteiger partial charge in [-0.05, 0) is 40.0 Å². The topological polar surface area (TPSA) is 24.5 Å². The molecule has 0 aliphatic carbocycles. The van der Waals surface area contributed by atoms with Gasteiger partial charge in [0.1, 0.15) is 5.75 Å².